The van der Waals surface area contributed by atoms with Crippen molar-refractivity contribution in [1.29, 1.82) is 0 Å². The quantitative estimate of drug-likeness (QED) is 0.926. The number of aromatic nitrogens is 2. The number of nitrogens with one attached hydrogen (secondary N) is 1. The lowest BCUT2D eigenvalue weighted by Gasteiger charge is -2.20. The molecule has 0 spiro atoms. The number of amides is 2. The van der Waals surface area contributed by atoms with Crippen LogP contribution in [0.15, 0.2) is 12.4 Å². The first-order valence-electron chi connectivity index (χ1n) is 8.36. The van der Waals surface area contributed by atoms with Gasteiger partial charge in [-0.05, 0) is 25.9 Å². The minimum Gasteiger partial charge on any atom is -0.324 e. The first-order valence-corrected chi connectivity index (χ1v) is 8.36. The van der Waals surface area contributed by atoms with Gasteiger partial charge in [0.2, 0.25) is 0 Å². The monoisotopic (exact) mass is 319 g/mol. The lowest BCUT2D eigenvalue weighted by atomic mass is 9.96. The van der Waals surface area contributed by atoms with Crippen LogP contribution in [0, 0.1) is 5.92 Å². The van der Waals surface area contributed by atoms with Gasteiger partial charge in [-0.2, -0.15) is 0 Å². The maximum absolute atomic E-state index is 12.3. The van der Waals surface area contributed by atoms with Crippen LogP contribution in [0.4, 0.5) is 10.5 Å². The Balaban J connectivity index is 1.88. The topological polar surface area (TPSA) is 61.4 Å². The predicted octanol–water partition coefficient (Wildman–Crippen LogP) is 2.58. The molecular formula is C17H29N5O. The van der Waals surface area contributed by atoms with Crippen molar-refractivity contribution in [3.8, 4) is 0 Å². The van der Waals surface area contributed by atoms with Gasteiger partial charge in [-0.3, -0.25) is 0 Å². The van der Waals surface area contributed by atoms with Crippen molar-refractivity contribution in [3.63, 3.8) is 0 Å². The van der Waals surface area contributed by atoms with E-state index in [2.05, 4.69) is 54.9 Å². The van der Waals surface area contributed by atoms with Gasteiger partial charge in [-0.1, -0.05) is 27.7 Å². The first kappa shape index (κ1) is 17.7. The van der Waals surface area contributed by atoms with E-state index in [9.17, 15) is 4.79 Å². The van der Waals surface area contributed by atoms with Gasteiger partial charge in [0, 0.05) is 25.0 Å². The van der Waals surface area contributed by atoms with Gasteiger partial charge in [-0.15, -0.1) is 0 Å². The summed E-state index contributed by atoms with van der Waals surface area (Å²) in [6.45, 7) is 12.1. The summed E-state index contributed by atoms with van der Waals surface area (Å²) in [4.78, 5) is 25.2. The molecule has 2 heterocycles. The number of hydrogen-bond acceptors (Lipinski definition) is 4. The second-order valence-corrected chi connectivity index (χ2v) is 7.43. The van der Waals surface area contributed by atoms with Gasteiger partial charge >= 0.3 is 6.03 Å². The van der Waals surface area contributed by atoms with Crippen molar-refractivity contribution in [3.05, 3.63) is 18.2 Å². The van der Waals surface area contributed by atoms with Gasteiger partial charge in [0.15, 0.2) is 0 Å². The fraction of sp³-hybridized carbons (Fsp3) is 0.706. The van der Waals surface area contributed by atoms with E-state index >= 15 is 0 Å². The molecule has 0 saturated carbocycles. The van der Waals surface area contributed by atoms with Crippen LogP contribution in [-0.4, -0.2) is 59.0 Å². The second kappa shape index (κ2) is 7.25. The molecule has 1 aliphatic heterocycles. The standard InChI is InChI=1S/C17H29N5O/c1-6-21(5)11-13-7-8-22(12-13)16(23)20-14-9-18-15(19-10-14)17(2,3)4/h9-10,13H,6-8,11-12H2,1-5H3,(H,20,23). The van der Waals surface area contributed by atoms with E-state index in [-0.39, 0.29) is 11.4 Å². The summed E-state index contributed by atoms with van der Waals surface area (Å²) in [5, 5.41) is 2.90. The summed E-state index contributed by atoms with van der Waals surface area (Å²) in [5.74, 6) is 1.34. The molecule has 2 rings (SSSR count). The van der Waals surface area contributed by atoms with E-state index < -0.39 is 0 Å². The summed E-state index contributed by atoms with van der Waals surface area (Å²) >= 11 is 0. The molecule has 23 heavy (non-hydrogen) atoms. The van der Waals surface area contributed by atoms with Crippen LogP contribution in [0.2, 0.25) is 0 Å². The van der Waals surface area contributed by atoms with Gasteiger partial charge in [0.25, 0.3) is 0 Å². The zero-order chi connectivity index (χ0) is 17.0. The summed E-state index contributed by atoms with van der Waals surface area (Å²) in [6.07, 6.45) is 4.44. The van der Waals surface area contributed by atoms with Crippen molar-refractivity contribution in [1.82, 2.24) is 19.8 Å². The predicted molar refractivity (Wildman–Crippen MR) is 92.6 cm³/mol. The Kier molecular flexibility index (Phi) is 5.57. The summed E-state index contributed by atoms with van der Waals surface area (Å²) < 4.78 is 0. The minimum absolute atomic E-state index is 0.0567. The van der Waals surface area contributed by atoms with Crippen molar-refractivity contribution >= 4 is 11.7 Å². The molecule has 0 aromatic carbocycles. The lowest BCUT2D eigenvalue weighted by molar-refractivity contribution is 0.218. The highest BCUT2D eigenvalue weighted by Gasteiger charge is 2.27. The van der Waals surface area contributed by atoms with Crippen LogP contribution in [0.1, 0.15) is 39.9 Å². The molecule has 1 atom stereocenters. The van der Waals surface area contributed by atoms with Gasteiger partial charge in [0.05, 0.1) is 18.1 Å². The van der Waals surface area contributed by atoms with E-state index in [4.69, 9.17) is 0 Å². The SMILES string of the molecule is CCN(C)CC1CCN(C(=O)Nc2cnc(C(C)(C)C)nc2)C1. The third-order valence-corrected chi connectivity index (χ3v) is 4.26. The molecule has 0 radical (unpaired) electrons. The molecule has 1 aromatic rings. The maximum Gasteiger partial charge on any atom is 0.321 e. The van der Waals surface area contributed by atoms with Crippen molar-refractivity contribution < 1.29 is 4.79 Å². The van der Waals surface area contributed by atoms with E-state index in [1.165, 1.54) is 0 Å². The molecule has 0 bridgehead atoms. The first-order chi connectivity index (χ1) is 10.8. The molecule has 128 valence electrons. The third kappa shape index (κ3) is 4.89. The third-order valence-electron chi connectivity index (χ3n) is 4.26. The zero-order valence-corrected chi connectivity index (χ0v) is 15.0. The Bertz CT molecular complexity index is 523. The van der Waals surface area contributed by atoms with Crippen LogP contribution in [-0.2, 0) is 5.41 Å². The molecule has 1 unspecified atom stereocenters. The average molecular weight is 319 g/mol. The Hall–Kier alpha value is -1.69. The number of carbonyl (C=O) groups excluding carboxylic acids is 1. The molecular weight excluding hydrogens is 290 g/mol. The number of rotatable bonds is 4. The highest BCUT2D eigenvalue weighted by molar-refractivity contribution is 5.89. The number of urea groups is 1. The average Bonchev–Trinajstić information content (AvgIpc) is 2.95. The molecule has 0 aliphatic carbocycles. The van der Waals surface area contributed by atoms with E-state index in [0.717, 1.165) is 38.4 Å². The number of likely N-dealkylation sites (tertiary alicyclic amines) is 1. The summed E-state index contributed by atoms with van der Waals surface area (Å²) in [7, 11) is 2.12. The van der Waals surface area contributed by atoms with Crippen LogP contribution < -0.4 is 5.32 Å². The number of hydrogen-bond donors (Lipinski definition) is 1. The molecule has 1 fully saturated rings. The maximum atomic E-state index is 12.3. The van der Waals surface area contributed by atoms with Crippen molar-refractivity contribution in [2.75, 3.05) is 38.5 Å². The molecule has 1 aromatic heterocycles. The molecule has 1 N–H and O–H groups in total. The highest BCUT2D eigenvalue weighted by Crippen LogP contribution is 2.20. The van der Waals surface area contributed by atoms with E-state index in [1.54, 1.807) is 12.4 Å². The van der Waals surface area contributed by atoms with Crippen molar-refractivity contribution in [2.45, 2.75) is 39.5 Å². The van der Waals surface area contributed by atoms with Gasteiger partial charge in [-0.25, -0.2) is 14.8 Å². The van der Waals surface area contributed by atoms with E-state index in [0.29, 0.717) is 11.6 Å². The lowest BCUT2D eigenvalue weighted by Crippen LogP contribution is -2.34. The minimum atomic E-state index is -0.0873. The summed E-state index contributed by atoms with van der Waals surface area (Å²) in [5.41, 5.74) is 0.563. The fourth-order valence-corrected chi connectivity index (χ4v) is 2.72. The molecule has 6 nitrogen and oxygen atoms in total. The molecule has 2 amide bonds. The summed E-state index contributed by atoms with van der Waals surface area (Å²) in [6, 6.07) is -0.0567. The van der Waals surface area contributed by atoms with Gasteiger partial charge < -0.3 is 15.1 Å². The Morgan fingerprint density at radius 3 is 2.61 bits per heavy atom. The number of nitrogens with zero attached hydrogens (tertiary/aromatic N) is 4. The molecule has 1 aliphatic rings. The van der Waals surface area contributed by atoms with Gasteiger partial charge in [0.1, 0.15) is 5.82 Å². The smallest absolute Gasteiger partial charge is 0.321 e. The van der Waals surface area contributed by atoms with Crippen LogP contribution in [0.5, 0.6) is 0 Å². The van der Waals surface area contributed by atoms with Crippen LogP contribution in [0.25, 0.3) is 0 Å². The van der Waals surface area contributed by atoms with Crippen molar-refractivity contribution in [2.24, 2.45) is 5.92 Å². The number of anilines is 1. The molecule has 1 saturated heterocycles. The van der Waals surface area contributed by atoms with Crippen LogP contribution in [0.3, 0.4) is 0 Å². The van der Waals surface area contributed by atoms with Crippen LogP contribution >= 0.6 is 0 Å². The Labute approximate surface area is 139 Å². The fourth-order valence-electron chi connectivity index (χ4n) is 2.72. The Morgan fingerprint density at radius 2 is 2.04 bits per heavy atom. The number of carbonyl (C=O) groups is 1. The second-order valence-electron chi connectivity index (χ2n) is 7.43. The normalized spacial score (nSPS) is 18.5. The highest BCUT2D eigenvalue weighted by atomic mass is 16.2. The Morgan fingerprint density at radius 1 is 1.39 bits per heavy atom. The van der Waals surface area contributed by atoms with E-state index in [1.807, 2.05) is 4.90 Å². The molecule has 6 heteroatoms. The zero-order valence-electron chi connectivity index (χ0n) is 15.0. The largest absolute Gasteiger partial charge is 0.324 e.